The molecule has 1 aliphatic carbocycles. The summed E-state index contributed by atoms with van der Waals surface area (Å²) < 4.78 is 22.1. The normalized spacial score (nSPS) is 16.5. The number of aryl methyl sites for hydroxylation is 1. The van der Waals surface area contributed by atoms with Crippen molar-refractivity contribution in [2.75, 3.05) is 0 Å². The lowest BCUT2D eigenvalue weighted by atomic mass is 9.75. The molecule has 8 nitrogen and oxygen atoms in total. The maximum absolute atomic E-state index is 13.9. The smallest absolute Gasteiger partial charge is 0.229 e. The van der Waals surface area contributed by atoms with Crippen molar-refractivity contribution in [2.45, 2.75) is 12.8 Å². The molecule has 2 aliphatic rings. The third-order valence-electron chi connectivity index (χ3n) is 7.19. The van der Waals surface area contributed by atoms with Crippen LogP contribution in [-0.2, 0) is 4.74 Å². The van der Waals surface area contributed by atoms with E-state index in [9.17, 15) is 19.2 Å². The minimum absolute atomic E-state index is 0.00212. The predicted molar refractivity (Wildman–Crippen MR) is 150 cm³/mol. The van der Waals surface area contributed by atoms with Crippen molar-refractivity contribution in [3.63, 3.8) is 0 Å². The van der Waals surface area contributed by atoms with Gasteiger partial charge in [-0.15, -0.1) is 0 Å². The number of carbonyl (C=O) groups is 2. The van der Waals surface area contributed by atoms with E-state index in [1.807, 2.05) is 25.1 Å². The summed E-state index contributed by atoms with van der Waals surface area (Å²) >= 11 is 1.42. The molecule has 0 amide bonds. The minimum atomic E-state index is -1.07. The predicted octanol–water partition coefficient (Wildman–Crippen LogP) is 5.74. The number of halogens is 1. The standard InChI is InChI=1S/C31H18FN5O3S/c1-15-6-11-22-23(12-15)41-31(35-22)37-14-21(26(36-37)16-7-9-17(32)10-8-16)24-20(13-33)30(34)40-29-25(24)27(38)18-4-2-3-5-19(18)28(29)39/h2-12,14,24H,34H2,1H3. The van der Waals surface area contributed by atoms with Crippen molar-refractivity contribution in [3.05, 3.63) is 124 Å². The maximum atomic E-state index is 13.9. The molecule has 198 valence electrons. The van der Waals surface area contributed by atoms with Gasteiger partial charge in [0.15, 0.2) is 11.5 Å². The molecule has 5 aromatic rings. The topological polar surface area (TPSA) is 124 Å². The number of rotatable bonds is 3. The van der Waals surface area contributed by atoms with Gasteiger partial charge in [-0.25, -0.2) is 14.1 Å². The molecule has 1 aliphatic heterocycles. The van der Waals surface area contributed by atoms with E-state index in [-0.39, 0.29) is 33.9 Å². The molecule has 0 spiro atoms. The molecule has 7 rings (SSSR count). The molecule has 1 unspecified atom stereocenters. The molecular weight excluding hydrogens is 541 g/mol. The van der Waals surface area contributed by atoms with E-state index in [1.165, 1.54) is 23.5 Å². The summed E-state index contributed by atoms with van der Waals surface area (Å²) in [6, 6.07) is 20.2. The second-order valence-electron chi connectivity index (χ2n) is 9.72. The number of fused-ring (bicyclic) bond motifs is 2. The van der Waals surface area contributed by atoms with Crippen LogP contribution < -0.4 is 5.73 Å². The second-order valence-corrected chi connectivity index (χ2v) is 10.7. The highest BCUT2D eigenvalue weighted by Crippen LogP contribution is 2.46. The third-order valence-corrected chi connectivity index (χ3v) is 8.19. The summed E-state index contributed by atoms with van der Waals surface area (Å²) in [5.41, 5.74) is 9.77. The van der Waals surface area contributed by atoms with Gasteiger partial charge in [-0.3, -0.25) is 9.59 Å². The Morgan fingerprint density at radius 2 is 1.78 bits per heavy atom. The summed E-state index contributed by atoms with van der Waals surface area (Å²) in [5, 5.41) is 15.6. The van der Waals surface area contributed by atoms with E-state index in [4.69, 9.17) is 20.6 Å². The van der Waals surface area contributed by atoms with Crippen LogP contribution in [0.25, 0.3) is 26.6 Å². The molecule has 2 N–H and O–H groups in total. The summed E-state index contributed by atoms with van der Waals surface area (Å²) in [6.07, 6.45) is 1.67. The first-order chi connectivity index (χ1) is 19.8. The van der Waals surface area contributed by atoms with Crippen LogP contribution in [0.3, 0.4) is 0 Å². The van der Waals surface area contributed by atoms with Crippen LogP contribution in [-0.4, -0.2) is 26.3 Å². The minimum Gasteiger partial charge on any atom is -0.436 e. The number of allylic oxidation sites excluding steroid dienone is 3. The highest BCUT2D eigenvalue weighted by Gasteiger charge is 2.45. The Morgan fingerprint density at radius 1 is 1.05 bits per heavy atom. The molecule has 3 aromatic carbocycles. The van der Waals surface area contributed by atoms with Crippen LogP contribution in [0.1, 0.15) is 37.8 Å². The van der Waals surface area contributed by atoms with Crippen LogP contribution in [0.5, 0.6) is 0 Å². The molecule has 0 fully saturated rings. The largest absolute Gasteiger partial charge is 0.436 e. The number of ketones is 2. The molecule has 2 aromatic heterocycles. The number of ether oxygens (including phenoxy) is 1. The first kappa shape index (κ1) is 24.6. The second kappa shape index (κ2) is 9.08. The van der Waals surface area contributed by atoms with Crippen LogP contribution in [0, 0.1) is 24.1 Å². The third kappa shape index (κ3) is 3.78. The van der Waals surface area contributed by atoms with Crippen LogP contribution in [0.2, 0.25) is 0 Å². The van der Waals surface area contributed by atoms with Gasteiger partial charge in [0.05, 0.1) is 27.4 Å². The van der Waals surface area contributed by atoms with E-state index in [0.29, 0.717) is 22.0 Å². The molecular formula is C31H18FN5O3S. The molecule has 1 atom stereocenters. The first-order valence-corrected chi connectivity index (χ1v) is 13.4. The van der Waals surface area contributed by atoms with Crippen molar-refractivity contribution < 1.29 is 18.7 Å². The Labute approximate surface area is 236 Å². The van der Waals surface area contributed by atoms with Crippen LogP contribution >= 0.6 is 11.3 Å². The SMILES string of the molecule is Cc1ccc2nc(-n3cc(C4C(C#N)=C(N)OC5=C4C(=O)c4ccccc4C5=O)c(-c4ccc(F)cc4)n3)sc2c1. The molecule has 10 heteroatoms. The number of Topliss-reactive ketones (excluding diaryl/α,β-unsaturated/α-hetero) is 2. The van der Waals surface area contributed by atoms with E-state index < -0.39 is 23.3 Å². The van der Waals surface area contributed by atoms with E-state index in [1.54, 1.807) is 47.3 Å². The number of carbonyl (C=O) groups excluding carboxylic acids is 2. The van der Waals surface area contributed by atoms with Gasteiger partial charge in [0.2, 0.25) is 16.8 Å². The number of hydrogen-bond acceptors (Lipinski definition) is 8. The van der Waals surface area contributed by atoms with Crippen LogP contribution in [0.4, 0.5) is 4.39 Å². The Balaban J connectivity index is 1.49. The van der Waals surface area contributed by atoms with Gasteiger partial charge >= 0.3 is 0 Å². The fourth-order valence-corrected chi connectivity index (χ4v) is 6.25. The number of nitriles is 1. The summed E-state index contributed by atoms with van der Waals surface area (Å²) in [5.74, 6) is -2.95. The Morgan fingerprint density at radius 3 is 2.51 bits per heavy atom. The number of nitrogens with zero attached hydrogens (tertiary/aromatic N) is 4. The fourth-order valence-electron chi connectivity index (χ4n) is 5.26. The van der Waals surface area contributed by atoms with Crippen LogP contribution in [0.15, 0.2) is 95.7 Å². The van der Waals surface area contributed by atoms with E-state index >= 15 is 0 Å². The Kier molecular flexibility index (Phi) is 5.45. The number of nitrogens with two attached hydrogens (primary N) is 1. The quantitative estimate of drug-likeness (QED) is 0.299. The number of aromatic nitrogens is 3. The number of thiazole rings is 1. The van der Waals surface area contributed by atoms with Gasteiger partial charge in [-0.05, 0) is 48.9 Å². The van der Waals surface area contributed by atoms with Gasteiger partial charge in [0.25, 0.3) is 0 Å². The highest BCUT2D eigenvalue weighted by atomic mass is 32.1. The van der Waals surface area contributed by atoms with Gasteiger partial charge in [-0.2, -0.15) is 10.4 Å². The van der Waals surface area contributed by atoms with E-state index in [0.717, 1.165) is 15.8 Å². The average Bonchev–Trinajstić information content (AvgIpc) is 3.60. The zero-order chi connectivity index (χ0) is 28.4. The molecule has 0 bridgehead atoms. The molecule has 0 radical (unpaired) electrons. The summed E-state index contributed by atoms with van der Waals surface area (Å²) in [7, 11) is 0. The lowest BCUT2D eigenvalue weighted by molar-refractivity contribution is 0.0897. The lowest BCUT2D eigenvalue weighted by Crippen LogP contribution is -2.32. The maximum Gasteiger partial charge on any atom is 0.229 e. The molecule has 41 heavy (non-hydrogen) atoms. The number of hydrogen-bond donors (Lipinski definition) is 1. The lowest BCUT2D eigenvalue weighted by Gasteiger charge is -2.30. The highest BCUT2D eigenvalue weighted by molar-refractivity contribution is 7.20. The van der Waals surface area contributed by atoms with Gasteiger partial charge in [0.1, 0.15) is 17.5 Å². The zero-order valence-electron chi connectivity index (χ0n) is 21.4. The average molecular weight is 560 g/mol. The molecule has 0 saturated heterocycles. The van der Waals surface area contributed by atoms with Gasteiger partial charge in [-0.1, -0.05) is 41.7 Å². The fraction of sp³-hybridized carbons (Fsp3) is 0.0645. The van der Waals surface area contributed by atoms with Crippen molar-refractivity contribution in [2.24, 2.45) is 5.73 Å². The summed E-state index contributed by atoms with van der Waals surface area (Å²) in [4.78, 5) is 32.1. The van der Waals surface area contributed by atoms with Gasteiger partial charge < -0.3 is 10.5 Å². The van der Waals surface area contributed by atoms with Crippen molar-refractivity contribution in [1.29, 1.82) is 5.26 Å². The Hall–Kier alpha value is -5.40. The summed E-state index contributed by atoms with van der Waals surface area (Å²) in [6.45, 7) is 1.99. The Bertz CT molecular complexity index is 2060. The zero-order valence-corrected chi connectivity index (χ0v) is 22.2. The molecule has 0 saturated carbocycles. The van der Waals surface area contributed by atoms with Crippen molar-refractivity contribution in [1.82, 2.24) is 14.8 Å². The number of benzene rings is 3. The van der Waals surface area contributed by atoms with E-state index in [2.05, 4.69) is 6.07 Å². The van der Waals surface area contributed by atoms with Crippen molar-refractivity contribution >= 4 is 33.1 Å². The van der Waals surface area contributed by atoms with Crippen molar-refractivity contribution in [3.8, 4) is 22.5 Å². The monoisotopic (exact) mass is 559 g/mol. The van der Waals surface area contributed by atoms with Gasteiger partial charge in [0, 0.05) is 28.5 Å². The molecule has 3 heterocycles. The first-order valence-electron chi connectivity index (χ1n) is 12.6.